The second-order valence-corrected chi connectivity index (χ2v) is 6.54. The van der Waals surface area contributed by atoms with Gasteiger partial charge in [0.1, 0.15) is 0 Å². The number of hydrogen-bond donors (Lipinski definition) is 2. The number of carbonyl (C=O) groups is 3. The van der Waals surface area contributed by atoms with Crippen LogP contribution in [0.4, 0.5) is 5.69 Å². The van der Waals surface area contributed by atoms with Crippen molar-refractivity contribution in [2.75, 3.05) is 37.6 Å². The van der Waals surface area contributed by atoms with E-state index in [1.54, 1.807) is 18.7 Å². The van der Waals surface area contributed by atoms with E-state index in [0.29, 0.717) is 31.2 Å². The third-order valence-electron chi connectivity index (χ3n) is 3.85. The van der Waals surface area contributed by atoms with Gasteiger partial charge in [0.2, 0.25) is 5.91 Å². The molecule has 0 atom stereocenters. The summed E-state index contributed by atoms with van der Waals surface area (Å²) in [6, 6.07) is 7.46. The maximum Gasteiger partial charge on any atom is 0.309 e. The van der Waals surface area contributed by atoms with Crippen molar-refractivity contribution in [2.24, 2.45) is 0 Å². The first-order valence-corrected chi connectivity index (χ1v) is 8.62. The van der Waals surface area contributed by atoms with Gasteiger partial charge in [-0.15, -0.1) is 0 Å². The van der Waals surface area contributed by atoms with Gasteiger partial charge in [-0.1, -0.05) is 23.7 Å². The zero-order valence-corrected chi connectivity index (χ0v) is 15.2. The fourth-order valence-electron chi connectivity index (χ4n) is 2.58. The number of halogens is 1. The Bertz CT molecular complexity index is 643. The minimum Gasteiger partial charge on any atom is -0.367 e. The maximum absolute atomic E-state index is 12.2. The number of piperazine rings is 1. The van der Waals surface area contributed by atoms with E-state index in [4.69, 9.17) is 11.6 Å². The number of amides is 3. The molecule has 2 rings (SSSR count). The molecule has 136 valence electrons. The highest BCUT2D eigenvalue weighted by Crippen LogP contribution is 2.25. The highest BCUT2D eigenvalue weighted by Gasteiger charge is 2.23. The summed E-state index contributed by atoms with van der Waals surface area (Å²) in [5.74, 6) is -1.73. The van der Waals surface area contributed by atoms with Gasteiger partial charge in [-0.3, -0.25) is 14.4 Å². The first-order valence-electron chi connectivity index (χ1n) is 8.24. The van der Waals surface area contributed by atoms with Gasteiger partial charge < -0.3 is 20.4 Å². The van der Waals surface area contributed by atoms with E-state index in [2.05, 4.69) is 15.5 Å². The Morgan fingerprint density at radius 1 is 1.08 bits per heavy atom. The third-order valence-corrected chi connectivity index (χ3v) is 4.17. The van der Waals surface area contributed by atoms with Crippen LogP contribution in [0, 0.1) is 0 Å². The van der Waals surface area contributed by atoms with Crippen LogP contribution < -0.4 is 15.5 Å². The summed E-state index contributed by atoms with van der Waals surface area (Å²) in [6.45, 7) is 5.74. The number of benzene rings is 1. The second-order valence-electron chi connectivity index (χ2n) is 6.13. The van der Waals surface area contributed by atoms with Crippen LogP contribution in [0.25, 0.3) is 0 Å². The largest absolute Gasteiger partial charge is 0.367 e. The summed E-state index contributed by atoms with van der Waals surface area (Å²) in [4.78, 5) is 39.1. The molecule has 7 nitrogen and oxygen atoms in total. The highest BCUT2D eigenvalue weighted by molar-refractivity contribution is 6.35. The molecule has 0 saturated carbocycles. The Kier molecular flexibility index (Phi) is 6.64. The van der Waals surface area contributed by atoms with Crippen LogP contribution in [0.3, 0.4) is 0 Å². The van der Waals surface area contributed by atoms with E-state index in [-0.39, 0.29) is 18.5 Å². The Morgan fingerprint density at radius 2 is 1.72 bits per heavy atom. The Hall–Kier alpha value is -2.28. The van der Waals surface area contributed by atoms with Gasteiger partial charge in [0.15, 0.2) is 0 Å². The lowest BCUT2D eigenvalue weighted by Crippen LogP contribution is -2.52. The molecule has 1 aromatic rings. The molecule has 0 bridgehead atoms. The molecule has 1 heterocycles. The SMILES string of the molecule is CC(C)NC(=O)C(=O)NCC(=O)N1CCN(c2ccccc2Cl)CC1. The standard InChI is InChI=1S/C17H23ClN4O3/c1-12(2)20-17(25)16(24)19-11-15(23)22-9-7-21(8-10-22)14-6-4-3-5-13(14)18/h3-6,12H,7-11H2,1-2H3,(H,19,24)(H,20,25). The molecule has 3 amide bonds. The molecule has 0 unspecified atom stereocenters. The van der Waals surface area contributed by atoms with Crippen LogP contribution in [0.5, 0.6) is 0 Å². The van der Waals surface area contributed by atoms with Crippen LogP contribution in [0.2, 0.25) is 5.02 Å². The quantitative estimate of drug-likeness (QED) is 0.766. The normalized spacial score (nSPS) is 14.4. The highest BCUT2D eigenvalue weighted by atomic mass is 35.5. The van der Waals surface area contributed by atoms with E-state index in [0.717, 1.165) is 5.69 Å². The summed E-state index contributed by atoms with van der Waals surface area (Å²) in [5.41, 5.74) is 0.954. The predicted molar refractivity (Wildman–Crippen MR) is 96.5 cm³/mol. The van der Waals surface area contributed by atoms with Gasteiger partial charge >= 0.3 is 11.8 Å². The van der Waals surface area contributed by atoms with Gasteiger partial charge in [-0.25, -0.2) is 0 Å². The van der Waals surface area contributed by atoms with Crippen LogP contribution >= 0.6 is 11.6 Å². The summed E-state index contributed by atoms with van der Waals surface area (Å²) in [6.07, 6.45) is 0. The molecular weight excluding hydrogens is 344 g/mol. The summed E-state index contributed by atoms with van der Waals surface area (Å²) in [7, 11) is 0. The number of carbonyl (C=O) groups excluding carboxylic acids is 3. The molecular formula is C17H23ClN4O3. The number of para-hydroxylation sites is 1. The molecule has 8 heteroatoms. The Labute approximate surface area is 152 Å². The van der Waals surface area contributed by atoms with Crippen molar-refractivity contribution in [2.45, 2.75) is 19.9 Å². The number of rotatable bonds is 4. The van der Waals surface area contributed by atoms with Crippen LogP contribution in [0.1, 0.15) is 13.8 Å². The van der Waals surface area contributed by atoms with Crippen molar-refractivity contribution in [3.8, 4) is 0 Å². The molecule has 1 saturated heterocycles. The van der Waals surface area contributed by atoms with Gasteiger partial charge in [0.25, 0.3) is 0 Å². The van der Waals surface area contributed by atoms with Crippen molar-refractivity contribution in [3.63, 3.8) is 0 Å². The predicted octanol–water partition coefficient (Wildman–Crippen LogP) is 0.629. The topological polar surface area (TPSA) is 81.8 Å². The summed E-state index contributed by atoms with van der Waals surface area (Å²) < 4.78 is 0. The molecule has 0 radical (unpaired) electrons. The zero-order chi connectivity index (χ0) is 18.4. The number of nitrogens with zero attached hydrogens (tertiary/aromatic N) is 2. The van der Waals surface area contributed by atoms with E-state index < -0.39 is 11.8 Å². The van der Waals surface area contributed by atoms with Crippen molar-refractivity contribution >= 4 is 35.0 Å². The summed E-state index contributed by atoms with van der Waals surface area (Å²) >= 11 is 6.20. The van der Waals surface area contributed by atoms with Crippen molar-refractivity contribution in [3.05, 3.63) is 29.3 Å². The van der Waals surface area contributed by atoms with Crippen molar-refractivity contribution in [1.82, 2.24) is 15.5 Å². The number of anilines is 1. The minimum atomic E-state index is -0.795. The minimum absolute atomic E-state index is 0.133. The molecule has 0 aromatic heterocycles. The molecule has 2 N–H and O–H groups in total. The van der Waals surface area contributed by atoms with Crippen LogP contribution in [-0.4, -0.2) is 61.4 Å². The average molecular weight is 367 g/mol. The van der Waals surface area contributed by atoms with E-state index in [1.807, 2.05) is 24.3 Å². The molecule has 1 fully saturated rings. The second kappa shape index (κ2) is 8.71. The van der Waals surface area contributed by atoms with Gasteiger partial charge in [-0.2, -0.15) is 0 Å². The molecule has 1 aliphatic heterocycles. The first kappa shape index (κ1) is 19.1. The smallest absolute Gasteiger partial charge is 0.309 e. The third kappa shape index (κ3) is 5.35. The number of hydrogen-bond acceptors (Lipinski definition) is 4. The van der Waals surface area contributed by atoms with Crippen molar-refractivity contribution < 1.29 is 14.4 Å². The maximum atomic E-state index is 12.2. The Balaban J connectivity index is 1.79. The van der Waals surface area contributed by atoms with Gasteiger partial charge in [-0.05, 0) is 26.0 Å². The van der Waals surface area contributed by atoms with Crippen LogP contribution in [-0.2, 0) is 14.4 Å². The van der Waals surface area contributed by atoms with Crippen LogP contribution in [0.15, 0.2) is 24.3 Å². The first-order chi connectivity index (χ1) is 11.9. The average Bonchev–Trinajstić information content (AvgIpc) is 2.59. The molecule has 0 aliphatic carbocycles. The summed E-state index contributed by atoms with van der Waals surface area (Å²) in [5, 5.41) is 5.53. The monoisotopic (exact) mass is 366 g/mol. The zero-order valence-electron chi connectivity index (χ0n) is 14.4. The molecule has 0 spiro atoms. The molecule has 25 heavy (non-hydrogen) atoms. The van der Waals surface area contributed by atoms with Crippen molar-refractivity contribution in [1.29, 1.82) is 0 Å². The van der Waals surface area contributed by atoms with Gasteiger partial charge in [0.05, 0.1) is 17.3 Å². The van der Waals surface area contributed by atoms with E-state index in [1.165, 1.54) is 0 Å². The fraction of sp³-hybridized carbons (Fsp3) is 0.471. The van der Waals surface area contributed by atoms with E-state index >= 15 is 0 Å². The molecule has 1 aromatic carbocycles. The van der Waals surface area contributed by atoms with E-state index in [9.17, 15) is 14.4 Å². The lowest BCUT2D eigenvalue weighted by molar-refractivity contribution is -0.140. The molecule has 1 aliphatic rings. The lowest BCUT2D eigenvalue weighted by atomic mass is 10.2. The number of nitrogens with one attached hydrogen (secondary N) is 2. The lowest BCUT2D eigenvalue weighted by Gasteiger charge is -2.36. The van der Waals surface area contributed by atoms with Gasteiger partial charge in [0, 0.05) is 32.2 Å². The Morgan fingerprint density at radius 3 is 2.32 bits per heavy atom. The fourth-order valence-corrected chi connectivity index (χ4v) is 2.84.